The Morgan fingerprint density at radius 3 is 2.71 bits per heavy atom. The third-order valence-electron chi connectivity index (χ3n) is 2.79. The Balaban J connectivity index is 1.90. The van der Waals surface area contributed by atoms with Crippen LogP contribution in [0.15, 0.2) is 39.4 Å². The van der Waals surface area contributed by atoms with Gasteiger partial charge in [0.25, 0.3) is 0 Å². The standard InChI is InChI=1S/C16H19BrClNO2/c1-16(2,3)19-8-11-6-13(20-9-11)10-21-15-5-4-12(18)7-14(15)17/h4-7,9,19H,8,10H2,1-3H3. The Hall–Kier alpha value is -0.970. The maximum absolute atomic E-state index is 5.90. The van der Waals surface area contributed by atoms with Crippen LogP contribution in [0.25, 0.3) is 0 Å². The summed E-state index contributed by atoms with van der Waals surface area (Å²) in [7, 11) is 0. The summed E-state index contributed by atoms with van der Waals surface area (Å²) < 4.78 is 12.1. The molecule has 0 spiro atoms. The van der Waals surface area contributed by atoms with Gasteiger partial charge in [-0.05, 0) is 61.0 Å². The number of furan rings is 1. The zero-order chi connectivity index (χ0) is 15.5. The molecular weight excluding hydrogens is 354 g/mol. The van der Waals surface area contributed by atoms with Crippen LogP contribution in [0, 0.1) is 0 Å². The van der Waals surface area contributed by atoms with E-state index in [2.05, 4.69) is 42.0 Å². The average Bonchev–Trinajstić information content (AvgIpc) is 2.82. The van der Waals surface area contributed by atoms with E-state index in [4.69, 9.17) is 20.8 Å². The van der Waals surface area contributed by atoms with Crippen molar-refractivity contribution in [3.05, 3.63) is 51.3 Å². The highest BCUT2D eigenvalue weighted by molar-refractivity contribution is 9.10. The number of hydrogen-bond donors (Lipinski definition) is 1. The normalized spacial score (nSPS) is 11.7. The molecule has 0 saturated carbocycles. The van der Waals surface area contributed by atoms with Crippen LogP contribution in [0.4, 0.5) is 0 Å². The first-order valence-electron chi connectivity index (χ1n) is 6.73. The highest BCUT2D eigenvalue weighted by Crippen LogP contribution is 2.28. The van der Waals surface area contributed by atoms with Crippen LogP contribution in [-0.2, 0) is 13.2 Å². The summed E-state index contributed by atoms with van der Waals surface area (Å²) >= 11 is 9.32. The molecule has 1 aromatic heterocycles. The molecule has 1 aromatic carbocycles. The molecule has 5 heteroatoms. The first kappa shape index (κ1) is 16.4. The molecule has 0 aliphatic carbocycles. The quantitative estimate of drug-likeness (QED) is 0.787. The monoisotopic (exact) mass is 371 g/mol. The molecule has 0 saturated heterocycles. The smallest absolute Gasteiger partial charge is 0.146 e. The van der Waals surface area contributed by atoms with Gasteiger partial charge >= 0.3 is 0 Å². The van der Waals surface area contributed by atoms with Crippen molar-refractivity contribution in [2.75, 3.05) is 0 Å². The number of hydrogen-bond acceptors (Lipinski definition) is 3. The lowest BCUT2D eigenvalue weighted by molar-refractivity contribution is 0.269. The highest BCUT2D eigenvalue weighted by Gasteiger charge is 2.10. The molecule has 2 rings (SSSR count). The van der Waals surface area contributed by atoms with Crippen LogP contribution in [-0.4, -0.2) is 5.54 Å². The molecule has 0 bridgehead atoms. The van der Waals surface area contributed by atoms with E-state index in [1.54, 1.807) is 18.4 Å². The minimum absolute atomic E-state index is 0.0854. The van der Waals surface area contributed by atoms with E-state index in [0.29, 0.717) is 11.6 Å². The summed E-state index contributed by atoms with van der Waals surface area (Å²) in [6.45, 7) is 7.56. The van der Waals surface area contributed by atoms with E-state index in [1.807, 2.05) is 12.1 Å². The van der Waals surface area contributed by atoms with Gasteiger partial charge in [-0.1, -0.05) is 11.6 Å². The van der Waals surface area contributed by atoms with E-state index >= 15 is 0 Å². The van der Waals surface area contributed by atoms with Gasteiger partial charge in [-0.2, -0.15) is 0 Å². The van der Waals surface area contributed by atoms with Crippen LogP contribution < -0.4 is 10.1 Å². The van der Waals surface area contributed by atoms with Crippen LogP contribution in [0.1, 0.15) is 32.1 Å². The van der Waals surface area contributed by atoms with E-state index < -0.39 is 0 Å². The van der Waals surface area contributed by atoms with Gasteiger partial charge in [0.15, 0.2) is 0 Å². The number of nitrogens with one attached hydrogen (secondary N) is 1. The van der Waals surface area contributed by atoms with E-state index in [1.165, 1.54) is 0 Å². The van der Waals surface area contributed by atoms with Gasteiger partial charge in [0.1, 0.15) is 18.1 Å². The summed E-state index contributed by atoms with van der Waals surface area (Å²) in [5, 5.41) is 4.09. The summed E-state index contributed by atoms with van der Waals surface area (Å²) in [4.78, 5) is 0. The maximum atomic E-state index is 5.90. The Labute approximate surface area is 138 Å². The Kier molecular flexibility index (Phi) is 5.36. The second kappa shape index (κ2) is 6.86. The van der Waals surface area contributed by atoms with Gasteiger partial charge in [0.05, 0.1) is 10.7 Å². The zero-order valence-corrected chi connectivity index (χ0v) is 14.7. The fourth-order valence-electron chi connectivity index (χ4n) is 1.70. The van der Waals surface area contributed by atoms with Crippen molar-refractivity contribution in [3.8, 4) is 5.75 Å². The molecule has 0 fully saturated rings. The third-order valence-corrected chi connectivity index (χ3v) is 3.65. The van der Waals surface area contributed by atoms with Crippen molar-refractivity contribution in [1.82, 2.24) is 5.32 Å². The fraction of sp³-hybridized carbons (Fsp3) is 0.375. The molecule has 0 aliphatic heterocycles. The van der Waals surface area contributed by atoms with E-state index in [0.717, 1.165) is 28.1 Å². The summed E-state index contributed by atoms with van der Waals surface area (Å²) in [6, 6.07) is 7.43. The lowest BCUT2D eigenvalue weighted by Crippen LogP contribution is -2.34. The van der Waals surface area contributed by atoms with Crippen molar-refractivity contribution in [2.24, 2.45) is 0 Å². The number of halogens is 2. The molecule has 0 aliphatic rings. The zero-order valence-electron chi connectivity index (χ0n) is 12.4. The van der Waals surface area contributed by atoms with Gasteiger partial charge in [-0.25, -0.2) is 0 Å². The molecule has 0 radical (unpaired) electrons. The SMILES string of the molecule is CC(C)(C)NCc1coc(COc2ccc(Cl)cc2Br)c1. The van der Waals surface area contributed by atoms with Gasteiger partial charge in [0.2, 0.25) is 0 Å². The summed E-state index contributed by atoms with van der Waals surface area (Å²) in [5.41, 5.74) is 1.20. The number of rotatable bonds is 5. The van der Waals surface area contributed by atoms with E-state index in [-0.39, 0.29) is 5.54 Å². The highest BCUT2D eigenvalue weighted by atomic mass is 79.9. The second-order valence-corrected chi connectivity index (χ2v) is 7.18. The first-order chi connectivity index (χ1) is 9.83. The lowest BCUT2D eigenvalue weighted by atomic mass is 10.1. The molecule has 3 nitrogen and oxygen atoms in total. The predicted octanol–water partition coefficient (Wildman–Crippen LogP) is 5.16. The Morgan fingerprint density at radius 2 is 2.05 bits per heavy atom. The molecule has 0 atom stereocenters. The van der Waals surface area contributed by atoms with Crippen LogP contribution in [0.2, 0.25) is 5.02 Å². The molecule has 1 heterocycles. The minimum atomic E-state index is 0.0854. The third kappa shape index (κ3) is 5.38. The summed E-state index contributed by atoms with van der Waals surface area (Å²) in [5.74, 6) is 1.53. The topological polar surface area (TPSA) is 34.4 Å². The minimum Gasteiger partial charge on any atom is -0.484 e. The summed E-state index contributed by atoms with van der Waals surface area (Å²) in [6.07, 6.45) is 1.76. The molecule has 21 heavy (non-hydrogen) atoms. The predicted molar refractivity (Wildman–Crippen MR) is 88.8 cm³/mol. The van der Waals surface area contributed by atoms with Gasteiger partial charge in [-0.15, -0.1) is 0 Å². The van der Waals surface area contributed by atoms with Crippen molar-refractivity contribution in [1.29, 1.82) is 0 Å². The van der Waals surface area contributed by atoms with Crippen molar-refractivity contribution < 1.29 is 9.15 Å². The van der Waals surface area contributed by atoms with Crippen LogP contribution in [0.5, 0.6) is 5.75 Å². The molecule has 2 aromatic rings. The number of ether oxygens (including phenoxy) is 1. The number of benzene rings is 1. The fourth-order valence-corrected chi connectivity index (χ4v) is 2.50. The Bertz CT molecular complexity index is 605. The van der Waals surface area contributed by atoms with Crippen molar-refractivity contribution in [3.63, 3.8) is 0 Å². The Morgan fingerprint density at radius 1 is 1.29 bits per heavy atom. The average molecular weight is 373 g/mol. The molecule has 0 unspecified atom stereocenters. The maximum Gasteiger partial charge on any atom is 0.146 e. The lowest BCUT2D eigenvalue weighted by Gasteiger charge is -2.19. The molecule has 0 amide bonds. The van der Waals surface area contributed by atoms with Crippen LogP contribution >= 0.6 is 27.5 Å². The van der Waals surface area contributed by atoms with Crippen molar-refractivity contribution in [2.45, 2.75) is 39.5 Å². The molecular formula is C16H19BrClNO2. The first-order valence-corrected chi connectivity index (χ1v) is 7.90. The van der Waals surface area contributed by atoms with Gasteiger partial charge < -0.3 is 14.5 Å². The second-order valence-electron chi connectivity index (χ2n) is 5.89. The van der Waals surface area contributed by atoms with Crippen LogP contribution in [0.3, 0.4) is 0 Å². The van der Waals surface area contributed by atoms with E-state index in [9.17, 15) is 0 Å². The van der Waals surface area contributed by atoms with Crippen molar-refractivity contribution >= 4 is 27.5 Å². The molecule has 1 N–H and O–H groups in total. The largest absolute Gasteiger partial charge is 0.484 e. The molecule has 114 valence electrons. The van der Waals surface area contributed by atoms with Gasteiger partial charge in [-0.3, -0.25) is 0 Å². The van der Waals surface area contributed by atoms with Gasteiger partial charge in [0, 0.05) is 22.7 Å².